The van der Waals surface area contributed by atoms with Gasteiger partial charge in [-0.15, -0.1) is 24.0 Å². The number of rotatable bonds is 9. The van der Waals surface area contributed by atoms with Crippen LogP contribution in [0.3, 0.4) is 0 Å². The topological polar surface area (TPSA) is 48.9 Å². The van der Waals surface area contributed by atoms with Gasteiger partial charge >= 0.3 is 0 Å². The van der Waals surface area contributed by atoms with E-state index in [-0.39, 0.29) is 35.8 Å². The lowest BCUT2D eigenvalue weighted by atomic mass is 10.1. The molecule has 0 aromatic heterocycles. The number of nitrogens with zero attached hydrogens (tertiary/aromatic N) is 2. The summed E-state index contributed by atoms with van der Waals surface area (Å²) in [7, 11) is 4.00. The van der Waals surface area contributed by atoms with Crippen LogP contribution in [0.1, 0.15) is 25.5 Å². The normalized spacial score (nSPS) is 12.7. The van der Waals surface area contributed by atoms with Gasteiger partial charge in [0.05, 0.1) is 19.2 Å². The molecule has 5 nitrogen and oxygen atoms in total. The van der Waals surface area contributed by atoms with Gasteiger partial charge in [-0.1, -0.05) is 12.1 Å². The average molecular weight is 452 g/mol. The van der Waals surface area contributed by atoms with E-state index in [2.05, 4.69) is 20.5 Å². The van der Waals surface area contributed by atoms with Crippen LogP contribution >= 0.6 is 24.0 Å². The number of guanidine groups is 1. The van der Waals surface area contributed by atoms with E-state index in [1.165, 1.54) is 12.1 Å². The van der Waals surface area contributed by atoms with Gasteiger partial charge < -0.3 is 20.3 Å². The molecule has 0 radical (unpaired) electrons. The highest BCUT2D eigenvalue weighted by molar-refractivity contribution is 14.0. The molecule has 0 aliphatic rings. The van der Waals surface area contributed by atoms with Crippen LogP contribution in [0.4, 0.5) is 4.39 Å². The lowest BCUT2D eigenvalue weighted by Crippen LogP contribution is -2.39. The number of halogens is 2. The van der Waals surface area contributed by atoms with Gasteiger partial charge in [0, 0.05) is 19.7 Å². The van der Waals surface area contributed by atoms with E-state index < -0.39 is 0 Å². The van der Waals surface area contributed by atoms with Crippen molar-refractivity contribution in [2.45, 2.75) is 19.9 Å². The zero-order chi connectivity index (χ0) is 17.1. The Morgan fingerprint density at radius 3 is 2.42 bits per heavy atom. The molecule has 1 atom stereocenters. The molecule has 1 rings (SSSR count). The lowest BCUT2D eigenvalue weighted by molar-refractivity contribution is 0.152. The third-order valence-corrected chi connectivity index (χ3v) is 3.39. The van der Waals surface area contributed by atoms with E-state index in [0.717, 1.165) is 18.1 Å². The van der Waals surface area contributed by atoms with Gasteiger partial charge in [-0.05, 0) is 45.6 Å². The highest BCUT2D eigenvalue weighted by Crippen LogP contribution is 2.18. The zero-order valence-corrected chi connectivity index (χ0v) is 17.3. The van der Waals surface area contributed by atoms with E-state index in [4.69, 9.17) is 4.74 Å². The fraction of sp³-hybridized carbons (Fsp3) is 0.588. The van der Waals surface area contributed by atoms with Gasteiger partial charge in [-0.2, -0.15) is 0 Å². The van der Waals surface area contributed by atoms with Crippen molar-refractivity contribution in [1.82, 2.24) is 15.5 Å². The zero-order valence-electron chi connectivity index (χ0n) is 15.0. The molecular weight excluding hydrogens is 422 g/mol. The van der Waals surface area contributed by atoms with Crippen molar-refractivity contribution >= 4 is 29.9 Å². The Morgan fingerprint density at radius 2 is 1.88 bits per heavy atom. The van der Waals surface area contributed by atoms with E-state index in [1.54, 1.807) is 0 Å². The summed E-state index contributed by atoms with van der Waals surface area (Å²) in [6.07, 6.45) is 0. The Labute approximate surface area is 162 Å². The molecule has 1 aromatic carbocycles. The molecule has 0 aliphatic carbocycles. The van der Waals surface area contributed by atoms with Crippen LogP contribution in [0.15, 0.2) is 29.3 Å². The van der Waals surface area contributed by atoms with Crippen LogP contribution in [0.2, 0.25) is 0 Å². The largest absolute Gasteiger partial charge is 0.380 e. The van der Waals surface area contributed by atoms with Gasteiger partial charge in [-0.3, -0.25) is 4.99 Å². The van der Waals surface area contributed by atoms with E-state index in [1.807, 2.05) is 40.1 Å². The number of hydrogen-bond donors (Lipinski definition) is 2. The second-order valence-corrected chi connectivity index (χ2v) is 5.37. The number of nitrogens with one attached hydrogen (secondary N) is 2. The van der Waals surface area contributed by atoms with Crippen molar-refractivity contribution in [2.24, 2.45) is 4.99 Å². The Bertz CT molecular complexity index is 468. The van der Waals surface area contributed by atoms with E-state index >= 15 is 0 Å². The predicted octanol–water partition coefficient (Wildman–Crippen LogP) is 2.64. The molecule has 0 aliphatic heterocycles. The molecule has 1 unspecified atom stereocenters. The Hall–Kier alpha value is -0.930. The minimum Gasteiger partial charge on any atom is -0.380 e. The maximum absolute atomic E-state index is 13.1. The van der Waals surface area contributed by atoms with Crippen molar-refractivity contribution in [3.8, 4) is 0 Å². The molecule has 138 valence electrons. The Morgan fingerprint density at radius 1 is 1.21 bits per heavy atom. The maximum atomic E-state index is 13.1. The van der Waals surface area contributed by atoms with Crippen molar-refractivity contribution in [2.75, 3.05) is 46.9 Å². The second-order valence-electron chi connectivity index (χ2n) is 5.37. The molecule has 0 heterocycles. The van der Waals surface area contributed by atoms with Crippen LogP contribution in [0.25, 0.3) is 0 Å². The molecule has 2 N–H and O–H groups in total. The van der Waals surface area contributed by atoms with Crippen LogP contribution in [0.5, 0.6) is 0 Å². The predicted molar refractivity (Wildman–Crippen MR) is 109 cm³/mol. The number of aliphatic imine (C=N–C) groups is 1. The van der Waals surface area contributed by atoms with Gasteiger partial charge in [0.1, 0.15) is 5.82 Å². The molecule has 0 saturated heterocycles. The van der Waals surface area contributed by atoms with Crippen molar-refractivity contribution < 1.29 is 9.13 Å². The van der Waals surface area contributed by atoms with Gasteiger partial charge in [0.2, 0.25) is 0 Å². The minimum atomic E-state index is -0.222. The number of likely N-dealkylation sites (N-methyl/N-ethyl adjacent to an activating group) is 1. The standard InChI is InChI=1S/C17H29FN4O.HI/c1-5-19-17(20-11-12-23-6-2)21-13-16(22(3)4)14-7-9-15(18)10-8-14;/h7-10,16H,5-6,11-13H2,1-4H3,(H2,19,20,21);1H. The smallest absolute Gasteiger partial charge is 0.191 e. The van der Waals surface area contributed by atoms with Crippen molar-refractivity contribution in [1.29, 1.82) is 0 Å². The highest BCUT2D eigenvalue weighted by atomic mass is 127. The lowest BCUT2D eigenvalue weighted by Gasteiger charge is -2.23. The number of benzene rings is 1. The summed E-state index contributed by atoms with van der Waals surface area (Å²) in [5.74, 6) is 0.543. The van der Waals surface area contributed by atoms with Crippen LogP contribution in [-0.2, 0) is 4.74 Å². The minimum absolute atomic E-state index is 0. The summed E-state index contributed by atoms with van der Waals surface area (Å²) in [4.78, 5) is 6.72. The molecule has 0 fully saturated rings. The summed E-state index contributed by atoms with van der Waals surface area (Å²) in [5.41, 5.74) is 1.05. The van der Waals surface area contributed by atoms with E-state index in [9.17, 15) is 4.39 Å². The molecule has 0 saturated carbocycles. The Balaban J connectivity index is 0.00000529. The first-order valence-corrected chi connectivity index (χ1v) is 8.10. The van der Waals surface area contributed by atoms with Crippen molar-refractivity contribution in [3.05, 3.63) is 35.6 Å². The second kappa shape index (κ2) is 13.4. The SMILES string of the molecule is CCNC(=NCC(c1ccc(F)cc1)N(C)C)NCCOCC.I. The molecule has 0 amide bonds. The summed E-state index contributed by atoms with van der Waals surface area (Å²) < 4.78 is 18.4. The summed E-state index contributed by atoms with van der Waals surface area (Å²) in [5, 5.41) is 6.46. The molecule has 0 spiro atoms. The molecule has 0 bridgehead atoms. The van der Waals surface area contributed by atoms with Crippen LogP contribution < -0.4 is 10.6 Å². The summed E-state index contributed by atoms with van der Waals surface area (Å²) >= 11 is 0. The highest BCUT2D eigenvalue weighted by Gasteiger charge is 2.14. The monoisotopic (exact) mass is 452 g/mol. The maximum Gasteiger partial charge on any atom is 0.191 e. The number of hydrogen-bond acceptors (Lipinski definition) is 3. The third-order valence-electron chi connectivity index (χ3n) is 3.39. The van der Waals surface area contributed by atoms with Gasteiger partial charge in [-0.25, -0.2) is 4.39 Å². The molecule has 7 heteroatoms. The fourth-order valence-electron chi connectivity index (χ4n) is 2.16. The molecular formula is C17H30FIN4O. The molecule has 1 aromatic rings. The average Bonchev–Trinajstić information content (AvgIpc) is 2.53. The van der Waals surface area contributed by atoms with Crippen LogP contribution in [-0.4, -0.2) is 57.8 Å². The molecule has 24 heavy (non-hydrogen) atoms. The Kier molecular flexibility index (Phi) is 12.9. The quantitative estimate of drug-likeness (QED) is 0.262. The summed E-state index contributed by atoms with van der Waals surface area (Å²) in [6.45, 7) is 7.46. The van der Waals surface area contributed by atoms with Gasteiger partial charge in [0.25, 0.3) is 0 Å². The van der Waals surface area contributed by atoms with Gasteiger partial charge in [0.15, 0.2) is 5.96 Å². The first-order valence-electron chi connectivity index (χ1n) is 8.10. The third kappa shape index (κ3) is 8.79. The van der Waals surface area contributed by atoms with Crippen LogP contribution in [0, 0.1) is 5.82 Å². The fourth-order valence-corrected chi connectivity index (χ4v) is 2.16. The number of ether oxygens (including phenoxy) is 1. The van der Waals surface area contributed by atoms with Crippen molar-refractivity contribution in [3.63, 3.8) is 0 Å². The first kappa shape index (κ1) is 23.1. The first-order chi connectivity index (χ1) is 11.1. The van der Waals surface area contributed by atoms with E-state index in [0.29, 0.717) is 26.3 Å². The summed E-state index contributed by atoms with van der Waals surface area (Å²) in [6, 6.07) is 6.69.